The van der Waals surface area contributed by atoms with Crippen LogP contribution in [-0.2, 0) is 4.74 Å². The highest BCUT2D eigenvalue weighted by atomic mass is 16.6. The first kappa shape index (κ1) is 15.2. The molecule has 6 nitrogen and oxygen atoms in total. The highest BCUT2D eigenvalue weighted by molar-refractivity contribution is 5.87. The molecule has 1 fully saturated rings. The first-order valence-electron chi connectivity index (χ1n) is 6.72. The lowest BCUT2D eigenvalue weighted by atomic mass is 10.1. The van der Waals surface area contributed by atoms with E-state index in [1.807, 2.05) is 20.8 Å². The van der Waals surface area contributed by atoms with Crippen LogP contribution in [0, 0.1) is 0 Å². The highest BCUT2D eigenvalue weighted by Gasteiger charge is 2.35. The summed E-state index contributed by atoms with van der Waals surface area (Å²) in [6.45, 7) is 6.40. The van der Waals surface area contributed by atoms with E-state index >= 15 is 0 Å². The molecule has 0 atom stereocenters. The van der Waals surface area contributed by atoms with Gasteiger partial charge in [0, 0.05) is 0 Å². The Hall–Kier alpha value is -2.24. The van der Waals surface area contributed by atoms with Gasteiger partial charge in [0.15, 0.2) is 0 Å². The Labute approximate surface area is 123 Å². The van der Waals surface area contributed by atoms with Gasteiger partial charge in [-0.25, -0.2) is 9.59 Å². The molecule has 0 bridgehead atoms. The molecule has 0 spiro atoms. The molecule has 2 rings (SSSR count). The molecule has 1 aliphatic heterocycles. The maximum Gasteiger partial charge on any atom is 0.410 e. The number of amides is 1. The second-order valence-corrected chi connectivity index (χ2v) is 5.95. The van der Waals surface area contributed by atoms with Crippen molar-refractivity contribution in [1.29, 1.82) is 0 Å². The number of hydrogen-bond acceptors (Lipinski definition) is 4. The number of likely N-dealkylation sites (tertiary alicyclic amines) is 1. The van der Waals surface area contributed by atoms with E-state index in [1.54, 1.807) is 17.0 Å². The van der Waals surface area contributed by atoms with E-state index in [9.17, 15) is 9.59 Å². The average Bonchev–Trinajstić information content (AvgIpc) is 2.31. The second kappa shape index (κ2) is 5.63. The lowest BCUT2D eigenvalue weighted by Gasteiger charge is -2.39. The lowest BCUT2D eigenvalue weighted by molar-refractivity contribution is -0.0221. The number of aromatic carboxylic acids is 1. The highest BCUT2D eigenvalue weighted by Crippen LogP contribution is 2.20. The van der Waals surface area contributed by atoms with Gasteiger partial charge in [0.1, 0.15) is 17.5 Å². The van der Waals surface area contributed by atoms with Crippen LogP contribution in [0.25, 0.3) is 0 Å². The van der Waals surface area contributed by atoms with E-state index in [-0.39, 0.29) is 17.8 Å². The van der Waals surface area contributed by atoms with Gasteiger partial charge in [0.2, 0.25) is 0 Å². The molecule has 1 aliphatic rings. The van der Waals surface area contributed by atoms with Crippen molar-refractivity contribution in [2.24, 2.45) is 0 Å². The van der Waals surface area contributed by atoms with Gasteiger partial charge in [-0.05, 0) is 45.0 Å². The summed E-state index contributed by atoms with van der Waals surface area (Å²) in [7, 11) is 0. The number of carboxylic acids is 1. The SMILES string of the molecule is CC(C)(C)OC(=O)N1CC(Oc2ccc(C(=O)O)cc2)C1. The van der Waals surface area contributed by atoms with E-state index in [0.29, 0.717) is 18.8 Å². The number of benzene rings is 1. The van der Waals surface area contributed by atoms with Gasteiger partial charge in [-0.2, -0.15) is 0 Å². The molecule has 0 aliphatic carbocycles. The summed E-state index contributed by atoms with van der Waals surface area (Å²) in [6.07, 6.45) is -0.434. The minimum absolute atomic E-state index is 0.0896. The number of carboxylic acid groups (broad SMARTS) is 1. The van der Waals surface area contributed by atoms with Crippen LogP contribution in [0.3, 0.4) is 0 Å². The minimum atomic E-state index is -0.971. The molecular weight excluding hydrogens is 274 g/mol. The first-order valence-corrected chi connectivity index (χ1v) is 6.72. The number of rotatable bonds is 3. The van der Waals surface area contributed by atoms with Crippen LogP contribution in [0.15, 0.2) is 24.3 Å². The Bertz CT molecular complexity index is 526. The molecular formula is C15H19NO5. The second-order valence-electron chi connectivity index (χ2n) is 5.95. The zero-order valence-corrected chi connectivity index (χ0v) is 12.3. The summed E-state index contributed by atoms with van der Waals surface area (Å²) >= 11 is 0. The number of carbonyl (C=O) groups is 2. The molecule has 6 heteroatoms. The topological polar surface area (TPSA) is 76.1 Å². The van der Waals surface area contributed by atoms with Gasteiger partial charge < -0.3 is 19.5 Å². The van der Waals surface area contributed by atoms with E-state index < -0.39 is 11.6 Å². The fourth-order valence-corrected chi connectivity index (χ4v) is 1.86. The normalized spacial score (nSPS) is 15.3. The zero-order chi connectivity index (χ0) is 15.6. The number of nitrogens with zero attached hydrogens (tertiary/aromatic N) is 1. The molecule has 1 aromatic carbocycles. The van der Waals surface area contributed by atoms with Crippen LogP contribution in [0.1, 0.15) is 31.1 Å². The summed E-state index contributed by atoms with van der Waals surface area (Å²) in [5.74, 6) is -0.380. The minimum Gasteiger partial charge on any atom is -0.487 e. The monoisotopic (exact) mass is 293 g/mol. The Morgan fingerprint density at radius 2 is 1.76 bits per heavy atom. The maximum absolute atomic E-state index is 11.7. The predicted octanol–water partition coefficient (Wildman–Crippen LogP) is 2.38. The van der Waals surface area contributed by atoms with Gasteiger partial charge in [-0.3, -0.25) is 0 Å². The molecule has 0 unspecified atom stereocenters. The summed E-state index contributed by atoms with van der Waals surface area (Å²) in [6, 6.07) is 6.20. The van der Waals surface area contributed by atoms with Crippen LogP contribution in [0.5, 0.6) is 5.75 Å². The maximum atomic E-state index is 11.7. The molecule has 1 saturated heterocycles. The van der Waals surface area contributed by atoms with E-state index in [0.717, 1.165) is 0 Å². The molecule has 0 saturated carbocycles. The molecule has 1 heterocycles. The Morgan fingerprint density at radius 3 is 2.24 bits per heavy atom. The number of hydrogen-bond donors (Lipinski definition) is 1. The molecule has 1 amide bonds. The van der Waals surface area contributed by atoms with Crippen molar-refractivity contribution in [2.45, 2.75) is 32.5 Å². The largest absolute Gasteiger partial charge is 0.487 e. The van der Waals surface area contributed by atoms with Gasteiger partial charge >= 0.3 is 12.1 Å². The number of ether oxygens (including phenoxy) is 2. The Kier molecular flexibility index (Phi) is 4.06. The molecule has 1 N–H and O–H groups in total. The van der Waals surface area contributed by atoms with Crippen molar-refractivity contribution >= 4 is 12.1 Å². The van der Waals surface area contributed by atoms with Crippen LogP contribution >= 0.6 is 0 Å². The summed E-state index contributed by atoms with van der Waals surface area (Å²) in [5.41, 5.74) is -0.290. The van der Waals surface area contributed by atoms with Crippen molar-refractivity contribution in [2.75, 3.05) is 13.1 Å². The standard InChI is InChI=1S/C15H19NO5/c1-15(2,3)21-14(19)16-8-12(9-16)20-11-6-4-10(5-7-11)13(17)18/h4-7,12H,8-9H2,1-3H3,(H,17,18). The van der Waals surface area contributed by atoms with Gasteiger partial charge in [-0.15, -0.1) is 0 Å². The summed E-state index contributed by atoms with van der Waals surface area (Å²) < 4.78 is 10.9. The third-order valence-electron chi connectivity index (χ3n) is 2.90. The van der Waals surface area contributed by atoms with E-state index in [4.69, 9.17) is 14.6 Å². The van der Waals surface area contributed by atoms with Crippen molar-refractivity contribution in [1.82, 2.24) is 4.90 Å². The summed E-state index contributed by atoms with van der Waals surface area (Å²) in [5, 5.41) is 8.80. The van der Waals surface area contributed by atoms with Crippen LogP contribution < -0.4 is 4.74 Å². The van der Waals surface area contributed by atoms with Crippen molar-refractivity contribution < 1.29 is 24.2 Å². The van der Waals surface area contributed by atoms with Crippen LogP contribution in [0.2, 0.25) is 0 Å². The predicted molar refractivity (Wildman–Crippen MR) is 75.6 cm³/mol. The van der Waals surface area contributed by atoms with Crippen molar-refractivity contribution in [3.63, 3.8) is 0 Å². The van der Waals surface area contributed by atoms with Crippen molar-refractivity contribution in [3.05, 3.63) is 29.8 Å². The molecule has 21 heavy (non-hydrogen) atoms. The van der Waals surface area contributed by atoms with Crippen molar-refractivity contribution in [3.8, 4) is 5.75 Å². The fraction of sp³-hybridized carbons (Fsp3) is 0.467. The van der Waals surface area contributed by atoms with Crippen LogP contribution in [-0.4, -0.2) is 46.9 Å². The Balaban J connectivity index is 1.80. The number of carbonyl (C=O) groups excluding carboxylic acids is 1. The molecule has 0 aromatic heterocycles. The van der Waals surface area contributed by atoms with E-state index in [1.165, 1.54) is 12.1 Å². The smallest absolute Gasteiger partial charge is 0.410 e. The van der Waals surface area contributed by atoms with Gasteiger partial charge in [-0.1, -0.05) is 0 Å². The van der Waals surface area contributed by atoms with Crippen LogP contribution in [0.4, 0.5) is 4.79 Å². The average molecular weight is 293 g/mol. The molecule has 0 radical (unpaired) electrons. The quantitative estimate of drug-likeness (QED) is 0.926. The third kappa shape index (κ3) is 4.11. The van der Waals surface area contributed by atoms with E-state index in [2.05, 4.69) is 0 Å². The van der Waals surface area contributed by atoms with Gasteiger partial charge in [0.25, 0.3) is 0 Å². The van der Waals surface area contributed by atoms with Gasteiger partial charge in [0.05, 0.1) is 18.7 Å². The molecule has 114 valence electrons. The lowest BCUT2D eigenvalue weighted by Crippen LogP contribution is -2.57. The third-order valence-corrected chi connectivity index (χ3v) is 2.90. The summed E-state index contributed by atoms with van der Waals surface area (Å²) in [4.78, 5) is 24.0. The Morgan fingerprint density at radius 1 is 1.19 bits per heavy atom. The molecule has 1 aromatic rings. The zero-order valence-electron chi connectivity index (χ0n) is 12.3. The first-order chi connectivity index (χ1) is 9.74. The fourth-order valence-electron chi connectivity index (χ4n) is 1.86.